The molecule has 94 valence electrons. The minimum Gasteiger partial charge on any atom is -0.356 e. The van der Waals surface area contributed by atoms with Crippen molar-refractivity contribution in [2.24, 2.45) is 0 Å². The van der Waals surface area contributed by atoms with Crippen molar-refractivity contribution in [2.75, 3.05) is 24.0 Å². The number of ketones is 1. The minimum absolute atomic E-state index is 0.00872. The van der Waals surface area contributed by atoms with Crippen molar-refractivity contribution >= 4 is 22.4 Å². The molecular weight excluding hydrogens is 236 g/mol. The molecule has 2 atom stereocenters. The second kappa shape index (κ2) is 5.91. The molecule has 0 aliphatic heterocycles. The lowest BCUT2D eigenvalue weighted by Crippen LogP contribution is -2.33. The van der Waals surface area contributed by atoms with E-state index in [0.29, 0.717) is 11.3 Å². The van der Waals surface area contributed by atoms with Crippen LogP contribution in [0.15, 0.2) is 18.3 Å². The van der Waals surface area contributed by atoms with Crippen LogP contribution in [-0.2, 0) is 10.8 Å². The number of Topliss-reactive ketones (excluding diaryl/α,β-unsaturated/α-hetero) is 1. The van der Waals surface area contributed by atoms with Gasteiger partial charge in [-0.25, -0.2) is 4.98 Å². The van der Waals surface area contributed by atoms with Crippen LogP contribution in [0.1, 0.15) is 24.2 Å². The zero-order valence-corrected chi connectivity index (χ0v) is 11.5. The zero-order chi connectivity index (χ0) is 13.0. The smallest absolute Gasteiger partial charge is 0.161 e. The first-order chi connectivity index (χ1) is 7.91. The van der Waals surface area contributed by atoms with E-state index < -0.39 is 10.8 Å². The summed E-state index contributed by atoms with van der Waals surface area (Å²) in [4.78, 5) is 17.3. The standard InChI is InChI=1S/C12H18N2O2S/c1-9(8-17(4)16)14(3)12-6-5-11(7-13-12)10(2)15/h5-7,9H,8H2,1-4H3/t9-,17+/m0/s1. The second-order valence-corrected chi connectivity index (χ2v) is 5.64. The van der Waals surface area contributed by atoms with Gasteiger partial charge in [-0.15, -0.1) is 0 Å². The molecule has 0 N–H and O–H groups in total. The average molecular weight is 254 g/mol. The Labute approximate surface area is 105 Å². The summed E-state index contributed by atoms with van der Waals surface area (Å²) in [6.07, 6.45) is 3.26. The Morgan fingerprint density at radius 2 is 2.18 bits per heavy atom. The molecule has 4 nitrogen and oxygen atoms in total. The van der Waals surface area contributed by atoms with Gasteiger partial charge in [0.15, 0.2) is 5.78 Å². The SMILES string of the molecule is CC(=O)c1ccc(N(C)[C@@H](C)C[S@@](C)=O)nc1. The predicted octanol–water partition coefficient (Wildman–Crippen LogP) is 1.49. The third kappa shape index (κ3) is 3.93. The van der Waals surface area contributed by atoms with Crippen LogP contribution in [0.25, 0.3) is 0 Å². The first kappa shape index (κ1) is 13.8. The van der Waals surface area contributed by atoms with Gasteiger partial charge < -0.3 is 4.90 Å². The molecule has 0 bridgehead atoms. The molecule has 1 aromatic heterocycles. The molecule has 0 amide bonds. The van der Waals surface area contributed by atoms with Crippen LogP contribution in [-0.4, -0.2) is 40.1 Å². The maximum Gasteiger partial charge on any atom is 0.161 e. The molecule has 0 saturated carbocycles. The summed E-state index contributed by atoms with van der Waals surface area (Å²) in [5.74, 6) is 1.40. The van der Waals surface area contributed by atoms with E-state index in [2.05, 4.69) is 4.98 Å². The van der Waals surface area contributed by atoms with E-state index in [1.807, 2.05) is 24.9 Å². The molecule has 0 aliphatic carbocycles. The molecule has 1 rings (SSSR count). The first-order valence-corrected chi connectivity index (χ1v) is 7.14. The van der Waals surface area contributed by atoms with Gasteiger partial charge in [0.2, 0.25) is 0 Å². The number of pyridine rings is 1. The van der Waals surface area contributed by atoms with E-state index in [-0.39, 0.29) is 11.8 Å². The maximum absolute atomic E-state index is 11.2. The summed E-state index contributed by atoms with van der Waals surface area (Å²) in [5, 5.41) is 0. The molecule has 0 radical (unpaired) electrons. The summed E-state index contributed by atoms with van der Waals surface area (Å²) >= 11 is 0. The fourth-order valence-corrected chi connectivity index (χ4v) is 2.38. The van der Waals surface area contributed by atoms with Gasteiger partial charge >= 0.3 is 0 Å². The van der Waals surface area contributed by atoms with Gasteiger partial charge in [-0.3, -0.25) is 9.00 Å². The molecule has 17 heavy (non-hydrogen) atoms. The number of hydrogen-bond acceptors (Lipinski definition) is 4. The molecule has 0 aliphatic rings. The van der Waals surface area contributed by atoms with Crippen molar-refractivity contribution in [3.05, 3.63) is 23.9 Å². The summed E-state index contributed by atoms with van der Waals surface area (Å²) in [7, 11) is 1.08. The molecule has 0 fully saturated rings. The number of aromatic nitrogens is 1. The van der Waals surface area contributed by atoms with Gasteiger partial charge in [0.05, 0.1) is 0 Å². The Morgan fingerprint density at radius 3 is 2.59 bits per heavy atom. The number of carbonyl (C=O) groups is 1. The fraction of sp³-hybridized carbons (Fsp3) is 0.500. The van der Waals surface area contributed by atoms with Crippen molar-refractivity contribution in [2.45, 2.75) is 19.9 Å². The van der Waals surface area contributed by atoms with Crippen LogP contribution in [0.3, 0.4) is 0 Å². The maximum atomic E-state index is 11.2. The van der Waals surface area contributed by atoms with Crippen LogP contribution in [0.4, 0.5) is 5.82 Å². The summed E-state index contributed by atoms with van der Waals surface area (Å²) < 4.78 is 11.2. The largest absolute Gasteiger partial charge is 0.356 e. The van der Waals surface area contributed by atoms with Crippen LogP contribution < -0.4 is 4.90 Å². The van der Waals surface area contributed by atoms with E-state index in [9.17, 15) is 9.00 Å². The molecule has 0 spiro atoms. The van der Waals surface area contributed by atoms with Crippen LogP contribution in [0.5, 0.6) is 0 Å². The quantitative estimate of drug-likeness (QED) is 0.747. The highest BCUT2D eigenvalue weighted by Gasteiger charge is 2.12. The van der Waals surface area contributed by atoms with Crippen LogP contribution in [0.2, 0.25) is 0 Å². The lowest BCUT2D eigenvalue weighted by atomic mass is 10.2. The normalized spacial score (nSPS) is 14.1. The van der Waals surface area contributed by atoms with E-state index >= 15 is 0 Å². The number of hydrogen-bond donors (Lipinski definition) is 0. The monoisotopic (exact) mass is 254 g/mol. The third-order valence-electron chi connectivity index (χ3n) is 2.65. The molecule has 0 unspecified atom stereocenters. The molecule has 5 heteroatoms. The average Bonchev–Trinajstić information content (AvgIpc) is 2.27. The Kier molecular flexibility index (Phi) is 4.81. The highest BCUT2D eigenvalue weighted by atomic mass is 32.2. The second-order valence-electron chi connectivity index (χ2n) is 4.16. The number of carbonyl (C=O) groups excluding carboxylic acids is 1. The highest BCUT2D eigenvalue weighted by molar-refractivity contribution is 7.84. The van der Waals surface area contributed by atoms with Crippen molar-refractivity contribution < 1.29 is 9.00 Å². The Morgan fingerprint density at radius 1 is 1.53 bits per heavy atom. The van der Waals surface area contributed by atoms with Gasteiger partial charge in [0.25, 0.3) is 0 Å². The van der Waals surface area contributed by atoms with Gasteiger partial charge in [-0.1, -0.05) is 0 Å². The van der Waals surface area contributed by atoms with Crippen LogP contribution >= 0.6 is 0 Å². The van der Waals surface area contributed by atoms with Crippen molar-refractivity contribution in [3.8, 4) is 0 Å². The van der Waals surface area contributed by atoms with Crippen molar-refractivity contribution in [1.82, 2.24) is 4.98 Å². The Bertz CT molecular complexity index is 417. The molecule has 0 aromatic carbocycles. The van der Waals surface area contributed by atoms with Crippen LogP contribution in [0, 0.1) is 0 Å². The van der Waals surface area contributed by atoms with Crippen molar-refractivity contribution in [1.29, 1.82) is 0 Å². The first-order valence-electron chi connectivity index (χ1n) is 5.41. The van der Waals surface area contributed by atoms with Gasteiger partial charge in [0, 0.05) is 47.7 Å². The fourth-order valence-electron chi connectivity index (χ4n) is 1.48. The number of anilines is 1. The lowest BCUT2D eigenvalue weighted by molar-refractivity contribution is 0.101. The van der Waals surface area contributed by atoms with E-state index in [1.54, 1.807) is 18.5 Å². The number of rotatable bonds is 5. The van der Waals surface area contributed by atoms with E-state index in [4.69, 9.17) is 0 Å². The van der Waals surface area contributed by atoms with Gasteiger partial charge in [-0.05, 0) is 26.0 Å². The summed E-state index contributed by atoms with van der Waals surface area (Å²) in [5.41, 5.74) is 0.605. The van der Waals surface area contributed by atoms with Gasteiger partial charge in [-0.2, -0.15) is 0 Å². The number of nitrogens with zero attached hydrogens (tertiary/aromatic N) is 2. The molecule has 0 saturated heterocycles. The van der Waals surface area contributed by atoms with E-state index in [0.717, 1.165) is 5.82 Å². The molecule has 1 aromatic rings. The Hall–Kier alpha value is -1.23. The summed E-state index contributed by atoms with van der Waals surface area (Å²) in [6, 6.07) is 3.72. The zero-order valence-electron chi connectivity index (χ0n) is 10.6. The third-order valence-corrected chi connectivity index (χ3v) is 3.60. The molecular formula is C12H18N2O2S. The Balaban J connectivity index is 2.78. The van der Waals surface area contributed by atoms with Gasteiger partial charge in [0.1, 0.15) is 5.82 Å². The highest BCUT2D eigenvalue weighted by Crippen LogP contribution is 2.13. The summed E-state index contributed by atoms with van der Waals surface area (Å²) in [6.45, 7) is 3.52. The predicted molar refractivity (Wildman–Crippen MR) is 71.0 cm³/mol. The molecule has 1 heterocycles. The lowest BCUT2D eigenvalue weighted by Gasteiger charge is -2.25. The topological polar surface area (TPSA) is 50.3 Å². The van der Waals surface area contributed by atoms with E-state index in [1.165, 1.54) is 6.92 Å². The van der Waals surface area contributed by atoms with Crippen molar-refractivity contribution in [3.63, 3.8) is 0 Å². The minimum atomic E-state index is -0.825.